The lowest BCUT2D eigenvalue weighted by Gasteiger charge is -2.19. The van der Waals surface area contributed by atoms with Crippen LogP contribution in [-0.2, 0) is 0 Å². The second-order valence-corrected chi connectivity index (χ2v) is 6.53. The molecule has 0 aliphatic carbocycles. The molecule has 0 spiro atoms. The largest absolute Gasteiger partial charge is 0.399 e. The molecule has 6 heteroatoms. The Kier molecular flexibility index (Phi) is 5.96. The van der Waals surface area contributed by atoms with Crippen LogP contribution in [0.1, 0.15) is 38.5 Å². The third-order valence-electron chi connectivity index (χ3n) is 3.85. The van der Waals surface area contributed by atoms with E-state index >= 15 is 0 Å². The zero-order chi connectivity index (χ0) is 18.8. The molecule has 1 unspecified atom stereocenters. The summed E-state index contributed by atoms with van der Waals surface area (Å²) in [7, 11) is 0. The van der Waals surface area contributed by atoms with Gasteiger partial charge in [-0.15, -0.1) is 0 Å². The van der Waals surface area contributed by atoms with Gasteiger partial charge < -0.3 is 0 Å². The molecule has 0 aromatic heterocycles. The number of allylic oxidation sites excluding steroid dienone is 1. The first kappa shape index (κ1) is 19.5. The summed E-state index contributed by atoms with van der Waals surface area (Å²) in [5, 5.41) is 0.334. The predicted octanol–water partition coefficient (Wildman–Crippen LogP) is 6.78. The van der Waals surface area contributed by atoms with Crippen molar-refractivity contribution >= 4 is 35.6 Å². The first-order chi connectivity index (χ1) is 11.6. The molecule has 2 rings (SSSR count). The highest BCUT2D eigenvalue weighted by Gasteiger charge is 2.39. The van der Waals surface area contributed by atoms with Gasteiger partial charge in [0.2, 0.25) is 0 Å². The topological polar surface area (TPSA) is 17.1 Å². The van der Waals surface area contributed by atoms with Crippen LogP contribution in [0.4, 0.5) is 13.2 Å². The van der Waals surface area contributed by atoms with E-state index in [9.17, 15) is 18.0 Å². The molecule has 1 nitrogen and oxygen atoms in total. The number of aryl methyl sites for hydroxylation is 2. The number of rotatable bonds is 4. The Labute approximate surface area is 154 Å². The standard InChI is InChI=1S/C19H15Cl2F3O/c1-11-7-13(3-5-14(11)10-25)4-6-16(19(22,23)24)15-8-12(2)18(21)17(20)9-15/h3-10,16H,1-2H3/b6-4+. The summed E-state index contributed by atoms with van der Waals surface area (Å²) in [5.41, 5.74) is 2.29. The average molecular weight is 387 g/mol. The van der Waals surface area contributed by atoms with Crippen LogP contribution in [0.2, 0.25) is 10.0 Å². The monoisotopic (exact) mass is 386 g/mol. The van der Waals surface area contributed by atoms with Gasteiger partial charge in [0.25, 0.3) is 0 Å². The van der Waals surface area contributed by atoms with Crippen LogP contribution in [0, 0.1) is 13.8 Å². The van der Waals surface area contributed by atoms with Crippen molar-refractivity contribution < 1.29 is 18.0 Å². The molecule has 0 amide bonds. The fourth-order valence-electron chi connectivity index (χ4n) is 2.48. The number of alkyl halides is 3. The quantitative estimate of drug-likeness (QED) is 0.529. The van der Waals surface area contributed by atoms with Gasteiger partial charge in [-0.3, -0.25) is 4.79 Å². The van der Waals surface area contributed by atoms with Gasteiger partial charge in [-0.2, -0.15) is 13.2 Å². The second-order valence-electron chi connectivity index (χ2n) is 5.75. The number of halogens is 5. The second kappa shape index (κ2) is 7.63. The number of aldehydes is 1. The van der Waals surface area contributed by atoms with Crippen molar-refractivity contribution in [3.05, 3.63) is 74.3 Å². The first-order valence-electron chi connectivity index (χ1n) is 7.39. The van der Waals surface area contributed by atoms with Gasteiger partial charge in [0.05, 0.1) is 16.0 Å². The number of hydrogen-bond acceptors (Lipinski definition) is 1. The molecule has 2 aromatic rings. The van der Waals surface area contributed by atoms with Gasteiger partial charge in [0.1, 0.15) is 6.29 Å². The average Bonchev–Trinajstić information content (AvgIpc) is 2.51. The SMILES string of the molecule is Cc1cc(/C=C/C(c2cc(C)c(Cl)c(Cl)c2)C(F)(F)F)ccc1C=O. The van der Waals surface area contributed by atoms with Crippen molar-refractivity contribution in [2.75, 3.05) is 0 Å². The van der Waals surface area contributed by atoms with Gasteiger partial charge in [-0.25, -0.2) is 0 Å². The minimum absolute atomic E-state index is 0.0249. The Balaban J connectivity index is 2.43. The minimum Gasteiger partial charge on any atom is -0.298 e. The summed E-state index contributed by atoms with van der Waals surface area (Å²) in [6.07, 6.45) is -1.30. The Morgan fingerprint density at radius 1 is 1.04 bits per heavy atom. The number of carbonyl (C=O) groups is 1. The molecule has 2 aromatic carbocycles. The first-order valence-corrected chi connectivity index (χ1v) is 8.15. The lowest BCUT2D eigenvalue weighted by molar-refractivity contribution is -0.139. The van der Waals surface area contributed by atoms with Crippen molar-refractivity contribution in [2.45, 2.75) is 25.9 Å². The van der Waals surface area contributed by atoms with Crippen molar-refractivity contribution in [3.8, 4) is 0 Å². The minimum atomic E-state index is -4.47. The van der Waals surface area contributed by atoms with Crippen LogP contribution < -0.4 is 0 Å². The fraction of sp³-hybridized carbons (Fsp3) is 0.211. The third-order valence-corrected chi connectivity index (χ3v) is 4.74. The van der Waals surface area contributed by atoms with E-state index in [-0.39, 0.29) is 15.6 Å². The molecule has 1 atom stereocenters. The molecule has 0 aliphatic rings. The van der Waals surface area contributed by atoms with Crippen molar-refractivity contribution in [1.82, 2.24) is 0 Å². The predicted molar refractivity (Wildman–Crippen MR) is 95.6 cm³/mol. The van der Waals surface area contributed by atoms with Crippen molar-refractivity contribution in [1.29, 1.82) is 0 Å². The molecule has 0 radical (unpaired) electrons. The normalized spacial score (nSPS) is 13.2. The van der Waals surface area contributed by atoms with Crippen LogP contribution in [0.3, 0.4) is 0 Å². The summed E-state index contributed by atoms with van der Waals surface area (Å²) >= 11 is 11.9. The molecule has 0 saturated heterocycles. The van der Waals surface area contributed by atoms with Crippen LogP contribution in [0.15, 0.2) is 36.4 Å². The highest BCUT2D eigenvalue weighted by atomic mass is 35.5. The molecular formula is C19H15Cl2F3O. The molecule has 0 bridgehead atoms. The molecular weight excluding hydrogens is 372 g/mol. The molecule has 0 heterocycles. The molecule has 0 aliphatic heterocycles. The van der Waals surface area contributed by atoms with E-state index in [0.717, 1.165) is 6.08 Å². The van der Waals surface area contributed by atoms with Crippen LogP contribution >= 0.6 is 23.2 Å². The highest BCUT2D eigenvalue weighted by Crippen LogP contribution is 2.39. The van der Waals surface area contributed by atoms with Crippen molar-refractivity contribution in [2.24, 2.45) is 0 Å². The zero-order valence-corrected chi connectivity index (χ0v) is 15.0. The van der Waals surface area contributed by atoms with Crippen LogP contribution in [-0.4, -0.2) is 12.5 Å². The van der Waals surface area contributed by atoms with E-state index in [2.05, 4.69) is 0 Å². The highest BCUT2D eigenvalue weighted by molar-refractivity contribution is 6.42. The number of hydrogen-bond donors (Lipinski definition) is 0. The van der Waals surface area contributed by atoms with E-state index in [0.29, 0.717) is 28.5 Å². The third kappa shape index (κ3) is 4.65. The summed E-state index contributed by atoms with van der Waals surface area (Å²) < 4.78 is 40.5. The maximum Gasteiger partial charge on any atom is 0.399 e. The van der Waals surface area contributed by atoms with Gasteiger partial charge in [0.15, 0.2) is 0 Å². The lowest BCUT2D eigenvalue weighted by Crippen LogP contribution is -2.19. The Morgan fingerprint density at radius 3 is 2.24 bits per heavy atom. The van der Waals surface area contributed by atoms with Gasteiger partial charge in [0, 0.05) is 5.56 Å². The molecule has 132 valence electrons. The zero-order valence-electron chi connectivity index (χ0n) is 13.5. The van der Waals surface area contributed by atoms with Gasteiger partial charge in [-0.1, -0.05) is 59.6 Å². The van der Waals surface area contributed by atoms with E-state index in [1.54, 1.807) is 32.0 Å². The Hall–Kier alpha value is -1.78. The Bertz CT molecular complexity index is 803. The Morgan fingerprint density at radius 2 is 1.72 bits per heavy atom. The smallest absolute Gasteiger partial charge is 0.298 e. The van der Waals surface area contributed by atoms with Crippen LogP contribution in [0.5, 0.6) is 0 Å². The van der Waals surface area contributed by atoms with Crippen LogP contribution in [0.25, 0.3) is 6.08 Å². The van der Waals surface area contributed by atoms with E-state index in [4.69, 9.17) is 23.2 Å². The van der Waals surface area contributed by atoms with E-state index < -0.39 is 12.1 Å². The van der Waals surface area contributed by atoms with Gasteiger partial charge >= 0.3 is 6.18 Å². The maximum atomic E-state index is 13.5. The molecule has 0 fully saturated rings. The molecule has 0 N–H and O–H groups in total. The summed E-state index contributed by atoms with van der Waals surface area (Å²) in [6, 6.07) is 7.46. The van der Waals surface area contributed by atoms with Crippen molar-refractivity contribution in [3.63, 3.8) is 0 Å². The molecule has 25 heavy (non-hydrogen) atoms. The van der Waals surface area contributed by atoms with E-state index in [1.807, 2.05) is 0 Å². The summed E-state index contributed by atoms with van der Waals surface area (Å²) in [5.74, 6) is -1.81. The fourth-order valence-corrected chi connectivity index (χ4v) is 2.87. The maximum absolute atomic E-state index is 13.5. The van der Waals surface area contributed by atoms with E-state index in [1.165, 1.54) is 18.2 Å². The molecule has 0 saturated carbocycles. The van der Waals surface area contributed by atoms with Gasteiger partial charge in [-0.05, 0) is 42.2 Å². The summed E-state index contributed by atoms with van der Waals surface area (Å²) in [4.78, 5) is 10.8. The number of carbonyl (C=O) groups excluding carboxylic acids is 1. The lowest BCUT2D eigenvalue weighted by atomic mass is 9.95. The summed E-state index contributed by atoms with van der Waals surface area (Å²) in [6.45, 7) is 3.33. The number of benzene rings is 2.